The third-order valence-electron chi connectivity index (χ3n) is 3.09. The highest BCUT2D eigenvalue weighted by Gasteiger charge is 2.19. The van der Waals surface area contributed by atoms with Gasteiger partial charge in [-0.25, -0.2) is 0 Å². The van der Waals surface area contributed by atoms with Crippen LogP contribution in [-0.2, 0) is 11.2 Å². The first-order chi connectivity index (χ1) is 11.3. The fourth-order valence-corrected chi connectivity index (χ4v) is 4.52. The highest BCUT2D eigenvalue weighted by molar-refractivity contribution is 14.1. The second-order valence-corrected chi connectivity index (χ2v) is 8.31. The number of hydrogen-bond acceptors (Lipinski definition) is 5. The first-order valence-electron chi connectivity index (χ1n) is 6.58. The number of carboxylic acids is 1. The number of carboxylic acid groups (broad SMARTS) is 1. The Morgan fingerprint density at radius 2 is 1.75 bits per heavy atom. The van der Waals surface area contributed by atoms with Crippen LogP contribution in [0.15, 0.2) is 30.3 Å². The normalized spacial score (nSPS) is 12.0. The average molecular weight is 667 g/mol. The summed E-state index contributed by atoms with van der Waals surface area (Å²) in [7, 11) is 0. The largest absolute Gasteiger partial charge is 0.507 e. The van der Waals surface area contributed by atoms with Crippen molar-refractivity contribution in [2.45, 2.75) is 12.5 Å². The Balaban J connectivity index is 2.26. The van der Waals surface area contributed by atoms with E-state index in [1.807, 2.05) is 34.7 Å². The van der Waals surface area contributed by atoms with Gasteiger partial charge in [0, 0.05) is 6.42 Å². The van der Waals surface area contributed by atoms with Gasteiger partial charge >= 0.3 is 5.97 Å². The molecular formula is C15H12I3NO5. The molecule has 2 aromatic rings. The van der Waals surface area contributed by atoms with Crippen LogP contribution in [0.4, 0.5) is 0 Å². The van der Waals surface area contributed by atoms with Crippen molar-refractivity contribution in [2.75, 3.05) is 0 Å². The van der Waals surface area contributed by atoms with Crippen molar-refractivity contribution in [3.8, 4) is 17.2 Å². The monoisotopic (exact) mass is 667 g/mol. The number of hydroxylamine groups is 1. The second-order valence-electron chi connectivity index (χ2n) is 4.83. The van der Waals surface area contributed by atoms with E-state index >= 15 is 0 Å². The number of hydrogen-bond donors (Lipinski definition) is 4. The number of phenolic OH excluding ortho intramolecular Hbond substituents is 1. The third kappa shape index (κ3) is 5.06. The van der Waals surface area contributed by atoms with Crippen LogP contribution < -0.4 is 10.2 Å². The van der Waals surface area contributed by atoms with E-state index in [1.54, 1.807) is 23.7 Å². The van der Waals surface area contributed by atoms with Crippen molar-refractivity contribution >= 4 is 73.7 Å². The number of phenols is 1. The lowest BCUT2D eigenvalue weighted by Gasteiger charge is -2.14. The first kappa shape index (κ1) is 19.9. The zero-order valence-corrected chi connectivity index (χ0v) is 18.4. The fraction of sp³-hybridized carbons (Fsp3) is 0.133. The molecule has 0 fully saturated rings. The van der Waals surface area contributed by atoms with Crippen LogP contribution in [0.1, 0.15) is 5.56 Å². The molecule has 0 aliphatic rings. The predicted octanol–water partition coefficient (Wildman–Crippen LogP) is 3.97. The molecule has 0 saturated carbocycles. The molecule has 0 heterocycles. The van der Waals surface area contributed by atoms with Gasteiger partial charge in [-0.3, -0.25) is 4.79 Å². The second kappa shape index (κ2) is 8.82. The summed E-state index contributed by atoms with van der Waals surface area (Å²) in [6.45, 7) is 0. The van der Waals surface area contributed by atoms with E-state index in [-0.39, 0.29) is 12.2 Å². The molecule has 2 rings (SSSR count). The van der Waals surface area contributed by atoms with Gasteiger partial charge in [-0.15, -0.1) is 0 Å². The fourth-order valence-electron chi connectivity index (χ4n) is 1.92. The van der Waals surface area contributed by atoms with Gasteiger partial charge in [0.2, 0.25) is 0 Å². The minimum absolute atomic E-state index is 0.148. The number of ether oxygens (including phenoxy) is 1. The summed E-state index contributed by atoms with van der Waals surface area (Å²) >= 11 is 6.26. The van der Waals surface area contributed by atoms with E-state index in [0.717, 1.165) is 12.7 Å². The Bertz CT molecular complexity index is 746. The molecule has 9 heteroatoms. The number of aromatic hydroxyl groups is 1. The summed E-state index contributed by atoms with van der Waals surface area (Å²) in [4.78, 5) is 11.0. The standard InChI is InChI=1S/C15H12I3NO5/c16-9-6-8(1-2-13(9)20)24-14-10(17)3-7(4-11(14)18)5-12(19-23)15(21)22/h1-4,6,12,19-20,23H,5H2,(H,21,22)/t12-/m0/s1. The lowest BCUT2D eigenvalue weighted by atomic mass is 10.1. The zero-order chi connectivity index (χ0) is 17.9. The molecule has 24 heavy (non-hydrogen) atoms. The minimum atomic E-state index is -1.12. The number of rotatable bonds is 6. The Hall–Kier alpha value is -0.380. The molecule has 4 N–H and O–H groups in total. The molecule has 0 unspecified atom stereocenters. The van der Waals surface area contributed by atoms with Crippen LogP contribution in [0.25, 0.3) is 0 Å². The molecular weight excluding hydrogens is 655 g/mol. The van der Waals surface area contributed by atoms with Crippen molar-refractivity contribution < 1.29 is 25.0 Å². The molecule has 6 nitrogen and oxygen atoms in total. The molecule has 0 aliphatic carbocycles. The number of halogens is 3. The Kier molecular flexibility index (Phi) is 7.33. The lowest BCUT2D eigenvalue weighted by Crippen LogP contribution is -2.36. The number of carbonyl (C=O) groups is 1. The summed E-state index contributed by atoms with van der Waals surface area (Å²) in [6, 6.07) is 7.53. The summed E-state index contributed by atoms with van der Waals surface area (Å²) in [5.74, 6) is 0.326. The summed E-state index contributed by atoms with van der Waals surface area (Å²) in [5, 5.41) is 27.5. The van der Waals surface area contributed by atoms with Crippen molar-refractivity contribution in [2.24, 2.45) is 0 Å². The smallest absolute Gasteiger partial charge is 0.323 e. The maximum Gasteiger partial charge on any atom is 0.323 e. The van der Waals surface area contributed by atoms with Crippen LogP contribution in [0.5, 0.6) is 17.2 Å². The SMILES string of the molecule is O=C(O)[C@H](Cc1cc(I)c(Oc2ccc(O)c(I)c2)c(I)c1)NO. The van der Waals surface area contributed by atoms with Crippen LogP contribution >= 0.6 is 67.8 Å². The summed E-state index contributed by atoms with van der Waals surface area (Å²) < 4.78 is 8.22. The van der Waals surface area contributed by atoms with E-state index in [4.69, 9.17) is 15.1 Å². The van der Waals surface area contributed by atoms with Crippen molar-refractivity contribution in [1.82, 2.24) is 5.48 Å². The maximum absolute atomic E-state index is 11.0. The Labute approximate surface area is 179 Å². The summed E-state index contributed by atoms with van der Waals surface area (Å²) in [5.41, 5.74) is 2.56. The van der Waals surface area contributed by atoms with Gasteiger partial charge in [-0.2, -0.15) is 5.48 Å². The molecule has 128 valence electrons. The highest BCUT2D eigenvalue weighted by atomic mass is 127. The topological polar surface area (TPSA) is 99.0 Å². The Morgan fingerprint density at radius 3 is 2.25 bits per heavy atom. The summed E-state index contributed by atoms with van der Waals surface area (Å²) in [6.07, 6.45) is 0.148. The van der Waals surface area contributed by atoms with Gasteiger partial charge in [0.15, 0.2) is 5.75 Å². The zero-order valence-electron chi connectivity index (χ0n) is 12.0. The third-order valence-corrected chi connectivity index (χ3v) is 5.56. The van der Waals surface area contributed by atoms with Crippen molar-refractivity contribution in [1.29, 1.82) is 0 Å². The predicted molar refractivity (Wildman–Crippen MR) is 113 cm³/mol. The van der Waals surface area contributed by atoms with E-state index in [1.165, 1.54) is 0 Å². The van der Waals surface area contributed by atoms with Crippen LogP contribution in [-0.4, -0.2) is 27.4 Å². The number of benzene rings is 2. The number of aliphatic carboxylic acids is 1. The van der Waals surface area contributed by atoms with E-state index in [0.29, 0.717) is 15.1 Å². The highest BCUT2D eigenvalue weighted by Crippen LogP contribution is 2.34. The van der Waals surface area contributed by atoms with Gasteiger partial charge in [-0.05, 0) is 104 Å². The quantitative estimate of drug-likeness (QED) is 0.275. The minimum Gasteiger partial charge on any atom is -0.507 e. The van der Waals surface area contributed by atoms with E-state index < -0.39 is 12.0 Å². The molecule has 0 bridgehead atoms. The van der Waals surface area contributed by atoms with Crippen LogP contribution in [0, 0.1) is 10.7 Å². The molecule has 0 amide bonds. The van der Waals surface area contributed by atoms with Crippen LogP contribution in [0.2, 0.25) is 0 Å². The first-order valence-corrected chi connectivity index (χ1v) is 9.82. The van der Waals surface area contributed by atoms with Crippen molar-refractivity contribution in [3.63, 3.8) is 0 Å². The van der Waals surface area contributed by atoms with Gasteiger partial charge in [0.1, 0.15) is 17.5 Å². The Morgan fingerprint density at radius 1 is 1.12 bits per heavy atom. The molecule has 2 aromatic carbocycles. The molecule has 0 radical (unpaired) electrons. The molecule has 0 aromatic heterocycles. The molecule has 0 aliphatic heterocycles. The maximum atomic E-state index is 11.0. The molecule has 0 saturated heterocycles. The molecule has 0 spiro atoms. The van der Waals surface area contributed by atoms with Gasteiger partial charge in [0.25, 0.3) is 0 Å². The van der Waals surface area contributed by atoms with Crippen LogP contribution in [0.3, 0.4) is 0 Å². The van der Waals surface area contributed by atoms with Gasteiger partial charge in [-0.1, -0.05) is 0 Å². The van der Waals surface area contributed by atoms with Gasteiger partial charge < -0.3 is 20.2 Å². The number of nitrogens with one attached hydrogen (secondary N) is 1. The van der Waals surface area contributed by atoms with E-state index in [2.05, 4.69) is 45.2 Å². The van der Waals surface area contributed by atoms with Crippen molar-refractivity contribution in [3.05, 3.63) is 46.6 Å². The van der Waals surface area contributed by atoms with E-state index in [9.17, 15) is 9.90 Å². The molecule has 1 atom stereocenters. The van der Waals surface area contributed by atoms with Gasteiger partial charge in [0.05, 0.1) is 10.7 Å². The average Bonchev–Trinajstić information content (AvgIpc) is 2.51. The lowest BCUT2D eigenvalue weighted by molar-refractivity contribution is -0.142.